The Hall–Kier alpha value is -2.10. The monoisotopic (exact) mass is 359 g/mol. The average molecular weight is 359 g/mol. The van der Waals surface area contributed by atoms with E-state index >= 15 is 0 Å². The molecule has 24 heavy (non-hydrogen) atoms. The quantitative estimate of drug-likeness (QED) is 0.858. The number of carbonyl (C=O) groups is 1. The van der Waals surface area contributed by atoms with E-state index in [0.717, 1.165) is 23.7 Å². The van der Waals surface area contributed by atoms with Gasteiger partial charge in [-0.1, -0.05) is 0 Å². The summed E-state index contributed by atoms with van der Waals surface area (Å²) in [5, 5.41) is 7.53. The van der Waals surface area contributed by atoms with Crippen molar-refractivity contribution in [3.8, 4) is 10.7 Å². The van der Waals surface area contributed by atoms with E-state index in [1.807, 2.05) is 6.92 Å². The maximum absolute atomic E-state index is 12.3. The molecule has 0 saturated heterocycles. The molecule has 130 valence electrons. The first-order valence-corrected chi connectivity index (χ1v) is 8.30. The minimum atomic E-state index is -4.30. The largest absolute Gasteiger partial charge is 0.406 e. The first kappa shape index (κ1) is 16.7. The number of anilines is 1. The average Bonchev–Trinajstić information content (AvgIpc) is 3.07. The lowest BCUT2D eigenvalue weighted by Crippen LogP contribution is -2.37. The molecular formula is C14H16F3N5OS. The van der Waals surface area contributed by atoms with Gasteiger partial charge in [0.1, 0.15) is 23.1 Å². The van der Waals surface area contributed by atoms with Gasteiger partial charge < -0.3 is 9.88 Å². The fourth-order valence-corrected chi connectivity index (χ4v) is 3.00. The lowest BCUT2D eigenvalue weighted by Gasteiger charge is -2.12. The van der Waals surface area contributed by atoms with Gasteiger partial charge in [-0.05, 0) is 25.7 Å². The van der Waals surface area contributed by atoms with Gasteiger partial charge in [0.25, 0.3) is 0 Å². The lowest BCUT2D eigenvalue weighted by molar-refractivity contribution is -0.140. The van der Waals surface area contributed by atoms with E-state index < -0.39 is 12.7 Å². The zero-order chi connectivity index (χ0) is 17.3. The third-order valence-electron chi connectivity index (χ3n) is 3.65. The number of rotatable bonds is 5. The second-order valence-electron chi connectivity index (χ2n) is 5.81. The summed E-state index contributed by atoms with van der Waals surface area (Å²) in [5.41, 5.74) is 0.337. The van der Waals surface area contributed by atoms with E-state index in [1.165, 1.54) is 17.5 Å². The van der Waals surface area contributed by atoms with Gasteiger partial charge in [-0.3, -0.25) is 5.32 Å². The van der Waals surface area contributed by atoms with Crippen molar-refractivity contribution >= 4 is 23.2 Å². The SMILES string of the molecule is C[C@H](NC(=O)Nc1csc(-c2cn(CC(F)(F)F)cn2)n1)C1CC1. The van der Waals surface area contributed by atoms with Crippen molar-refractivity contribution < 1.29 is 18.0 Å². The number of hydrogen-bond donors (Lipinski definition) is 2. The van der Waals surface area contributed by atoms with E-state index in [1.54, 1.807) is 5.38 Å². The first-order valence-electron chi connectivity index (χ1n) is 7.42. The Morgan fingerprint density at radius 3 is 2.92 bits per heavy atom. The number of aromatic nitrogens is 3. The smallest absolute Gasteiger partial charge is 0.335 e. The molecule has 2 N–H and O–H groups in total. The fourth-order valence-electron chi connectivity index (χ4n) is 2.29. The molecule has 0 aliphatic heterocycles. The number of thiazole rings is 1. The Labute approximate surface area is 140 Å². The van der Waals surface area contributed by atoms with Crippen molar-refractivity contribution in [3.63, 3.8) is 0 Å². The predicted octanol–water partition coefficient (Wildman–Crippen LogP) is 3.49. The molecule has 1 saturated carbocycles. The standard InChI is InChI=1S/C14H16F3N5OS/c1-8(9-2-3-9)19-13(23)21-11-5-24-12(20-11)10-4-22(7-18-10)6-14(15,16)17/h4-5,7-9H,2-3,6H2,1H3,(H2,19,21,23)/t8-/m0/s1. The molecule has 2 aromatic rings. The molecule has 2 amide bonds. The molecule has 0 spiro atoms. The van der Waals surface area contributed by atoms with Crippen molar-refractivity contribution in [3.05, 3.63) is 17.9 Å². The second-order valence-corrected chi connectivity index (χ2v) is 6.67. The van der Waals surface area contributed by atoms with Crippen molar-refractivity contribution in [1.29, 1.82) is 0 Å². The number of urea groups is 1. The Kier molecular flexibility index (Phi) is 4.48. The molecule has 0 radical (unpaired) electrons. The number of hydrogen-bond acceptors (Lipinski definition) is 4. The molecule has 0 bridgehead atoms. The van der Waals surface area contributed by atoms with Crippen molar-refractivity contribution in [2.24, 2.45) is 5.92 Å². The zero-order valence-corrected chi connectivity index (χ0v) is 13.6. The predicted molar refractivity (Wildman–Crippen MR) is 83.7 cm³/mol. The Morgan fingerprint density at radius 2 is 2.25 bits per heavy atom. The minimum absolute atomic E-state index is 0.112. The molecule has 1 aliphatic rings. The van der Waals surface area contributed by atoms with Crippen LogP contribution < -0.4 is 10.6 Å². The number of halogens is 3. The Bertz CT molecular complexity index is 722. The summed E-state index contributed by atoms with van der Waals surface area (Å²) >= 11 is 1.20. The van der Waals surface area contributed by atoms with Gasteiger partial charge in [-0.25, -0.2) is 14.8 Å². The van der Waals surface area contributed by atoms with Crippen LogP contribution in [0, 0.1) is 5.92 Å². The molecule has 3 rings (SSSR count). The van der Waals surface area contributed by atoms with Gasteiger partial charge in [0.15, 0.2) is 0 Å². The van der Waals surface area contributed by atoms with Crippen LogP contribution >= 0.6 is 11.3 Å². The Balaban J connectivity index is 1.59. The fraction of sp³-hybridized carbons (Fsp3) is 0.500. The number of imidazole rings is 1. The van der Waals surface area contributed by atoms with E-state index in [2.05, 4.69) is 20.6 Å². The lowest BCUT2D eigenvalue weighted by atomic mass is 10.2. The van der Waals surface area contributed by atoms with Crippen LogP contribution in [0.25, 0.3) is 10.7 Å². The van der Waals surface area contributed by atoms with Crippen molar-refractivity contribution in [1.82, 2.24) is 19.9 Å². The summed E-state index contributed by atoms with van der Waals surface area (Å²) in [6, 6.07) is -0.227. The molecule has 6 nitrogen and oxygen atoms in total. The number of amides is 2. The van der Waals surface area contributed by atoms with Gasteiger partial charge in [-0.15, -0.1) is 11.3 Å². The van der Waals surface area contributed by atoms with Crippen LogP contribution in [0.5, 0.6) is 0 Å². The maximum atomic E-state index is 12.3. The van der Waals surface area contributed by atoms with Gasteiger partial charge in [0, 0.05) is 17.6 Å². The molecule has 0 unspecified atom stereocenters. The van der Waals surface area contributed by atoms with E-state index in [4.69, 9.17) is 0 Å². The molecule has 1 aliphatic carbocycles. The van der Waals surface area contributed by atoms with E-state index in [0.29, 0.717) is 22.4 Å². The molecular weight excluding hydrogens is 343 g/mol. The summed E-state index contributed by atoms with van der Waals surface area (Å²) < 4.78 is 38.0. The van der Waals surface area contributed by atoms with Gasteiger partial charge >= 0.3 is 12.2 Å². The highest BCUT2D eigenvalue weighted by molar-refractivity contribution is 7.13. The number of nitrogens with one attached hydrogen (secondary N) is 2. The number of carbonyl (C=O) groups excluding carboxylic acids is 1. The Morgan fingerprint density at radius 1 is 1.50 bits per heavy atom. The third-order valence-corrected chi connectivity index (χ3v) is 4.51. The first-order chi connectivity index (χ1) is 11.3. The molecule has 0 aromatic carbocycles. The molecule has 2 heterocycles. The van der Waals surface area contributed by atoms with Gasteiger partial charge in [-0.2, -0.15) is 13.2 Å². The summed E-state index contributed by atoms with van der Waals surface area (Å²) in [6.45, 7) is 0.856. The van der Waals surface area contributed by atoms with Gasteiger partial charge in [0.05, 0.1) is 6.33 Å². The maximum Gasteiger partial charge on any atom is 0.406 e. The summed E-state index contributed by atoms with van der Waals surface area (Å²) in [6.07, 6.45) is 0.350. The highest BCUT2D eigenvalue weighted by atomic mass is 32.1. The van der Waals surface area contributed by atoms with Gasteiger partial charge in [0.2, 0.25) is 0 Å². The third kappa shape index (κ3) is 4.47. The van der Waals surface area contributed by atoms with Crippen LogP contribution in [0.2, 0.25) is 0 Å². The molecule has 1 fully saturated rings. The van der Waals surface area contributed by atoms with Crippen molar-refractivity contribution in [2.75, 3.05) is 5.32 Å². The normalized spacial score (nSPS) is 16.0. The highest BCUT2D eigenvalue weighted by Crippen LogP contribution is 2.32. The zero-order valence-electron chi connectivity index (χ0n) is 12.8. The van der Waals surface area contributed by atoms with Crippen LogP contribution in [0.15, 0.2) is 17.9 Å². The van der Waals surface area contributed by atoms with E-state index in [-0.39, 0.29) is 12.1 Å². The second kappa shape index (κ2) is 6.42. The van der Waals surface area contributed by atoms with Crippen LogP contribution in [0.1, 0.15) is 19.8 Å². The summed E-state index contributed by atoms with van der Waals surface area (Å²) in [5.74, 6) is 0.889. The van der Waals surface area contributed by atoms with Crippen LogP contribution in [0.3, 0.4) is 0 Å². The van der Waals surface area contributed by atoms with Crippen molar-refractivity contribution in [2.45, 2.75) is 38.5 Å². The minimum Gasteiger partial charge on any atom is -0.335 e. The molecule has 10 heteroatoms. The van der Waals surface area contributed by atoms with Crippen LogP contribution in [0.4, 0.5) is 23.8 Å². The summed E-state index contributed by atoms with van der Waals surface area (Å²) in [4.78, 5) is 20.0. The molecule has 2 aromatic heterocycles. The van der Waals surface area contributed by atoms with Crippen LogP contribution in [-0.4, -0.2) is 32.8 Å². The summed E-state index contributed by atoms with van der Waals surface area (Å²) in [7, 11) is 0. The van der Waals surface area contributed by atoms with E-state index in [9.17, 15) is 18.0 Å². The number of nitrogens with zero attached hydrogens (tertiary/aromatic N) is 3. The molecule has 1 atom stereocenters. The highest BCUT2D eigenvalue weighted by Gasteiger charge is 2.29. The topological polar surface area (TPSA) is 71.8 Å². The number of alkyl halides is 3. The van der Waals surface area contributed by atoms with Crippen LogP contribution in [-0.2, 0) is 6.54 Å².